The standard InChI is InChI=1S/C22H32N6O4/c29-21(25-18-5-6-18)16-26-9-11-27(12-10-26)22(24-15-20-2-1-13-32-20)23-14-17-3-7-19(8-4-17)28(30)31/h3-4,7-8,18,20H,1-2,5-6,9-16H2,(H,23,24)(H,25,29). The molecule has 2 saturated heterocycles. The van der Waals surface area contributed by atoms with Crippen LogP contribution in [0.1, 0.15) is 31.2 Å². The Hall–Kier alpha value is -2.72. The van der Waals surface area contributed by atoms with Gasteiger partial charge in [-0.05, 0) is 31.2 Å². The molecule has 3 fully saturated rings. The van der Waals surface area contributed by atoms with Crippen LogP contribution in [0.5, 0.6) is 0 Å². The van der Waals surface area contributed by atoms with Crippen molar-refractivity contribution in [1.29, 1.82) is 0 Å². The molecule has 1 amide bonds. The Morgan fingerprint density at radius 3 is 2.53 bits per heavy atom. The van der Waals surface area contributed by atoms with E-state index >= 15 is 0 Å². The van der Waals surface area contributed by atoms with Gasteiger partial charge in [-0.3, -0.25) is 19.8 Å². The number of benzene rings is 1. The van der Waals surface area contributed by atoms with Crippen LogP contribution in [0.4, 0.5) is 5.69 Å². The number of ether oxygens (including phenoxy) is 1. The first kappa shape index (κ1) is 22.5. The van der Waals surface area contributed by atoms with Crippen molar-refractivity contribution in [1.82, 2.24) is 20.4 Å². The summed E-state index contributed by atoms with van der Waals surface area (Å²) in [4.78, 5) is 31.8. The lowest BCUT2D eigenvalue weighted by Crippen LogP contribution is -2.54. The van der Waals surface area contributed by atoms with Crippen molar-refractivity contribution in [3.63, 3.8) is 0 Å². The molecule has 1 aromatic rings. The number of rotatable bonds is 8. The van der Waals surface area contributed by atoms with E-state index in [0.29, 0.717) is 25.7 Å². The zero-order valence-corrected chi connectivity index (χ0v) is 18.4. The molecule has 0 bridgehead atoms. The molecule has 0 aromatic heterocycles. The summed E-state index contributed by atoms with van der Waals surface area (Å²) in [7, 11) is 0. The number of amides is 1. The Labute approximate surface area is 188 Å². The summed E-state index contributed by atoms with van der Waals surface area (Å²) in [6.07, 6.45) is 4.54. The van der Waals surface area contributed by atoms with Crippen molar-refractivity contribution in [2.75, 3.05) is 45.9 Å². The highest BCUT2D eigenvalue weighted by Crippen LogP contribution is 2.18. The molecule has 10 nitrogen and oxygen atoms in total. The van der Waals surface area contributed by atoms with E-state index in [2.05, 4.69) is 20.4 Å². The SMILES string of the molecule is O=C(CN1CCN(C(=NCc2ccc([N+](=O)[O-])cc2)NCC2CCCO2)CC1)NC1CC1. The highest BCUT2D eigenvalue weighted by Gasteiger charge is 2.26. The van der Waals surface area contributed by atoms with Gasteiger partial charge in [-0.25, -0.2) is 4.99 Å². The highest BCUT2D eigenvalue weighted by atomic mass is 16.6. The van der Waals surface area contributed by atoms with Crippen LogP contribution in [0.2, 0.25) is 0 Å². The minimum Gasteiger partial charge on any atom is -0.376 e. The molecule has 2 heterocycles. The number of piperazine rings is 1. The number of guanidine groups is 1. The summed E-state index contributed by atoms with van der Waals surface area (Å²) in [6.45, 7) is 5.58. The Morgan fingerprint density at radius 1 is 1.16 bits per heavy atom. The van der Waals surface area contributed by atoms with Gasteiger partial charge in [0.15, 0.2) is 5.96 Å². The first-order valence-electron chi connectivity index (χ1n) is 11.5. The molecular formula is C22H32N6O4. The van der Waals surface area contributed by atoms with Gasteiger partial charge in [-0.2, -0.15) is 0 Å². The van der Waals surface area contributed by atoms with E-state index < -0.39 is 4.92 Å². The van der Waals surface area contributed by atoms with Crippen LogP contribution in [0.15, 0.2) is 29.3 Å². The number of carbonyl (C=O) groups is 1. The number of hydrogen-bond acceptors (Lipinski definition) is 6. The first-order valence-corrected chi connectivity index (χ1v) is 11.5. The predicted octanol–water partition coefficient (Wildman–Crippen LogP) is 1.12. The Balaban J connectivity index is 1.33. The van der Waals surface area contributed by atoms with Gasteiger partial charge in [0.2, 0.25) is 5.91 Å². The van der Waals surface area contributed by atoms with Gasteiger partial charge in [0, 0.05) is 57.5 Å². The Kier molecular flexibility index (Phi) is 7.54. The van der Waals surface area contributed by atoms with E-state index in [9.17, 15) is 14.9 Å². The molecule has 2 aliphatic heterocycles. The van der Waals surface area contributed by atoms with Crippen LogP contribution in [0.3, 0.4) is 0 Å². The summed E-state index contributed by atoms with van der Waals surface area (Å²) in [5.74, 6) is 0.936. The molecule has 32 heavy (non-hydrogen) atoms. The van der Waals surface area contributed by atoms with Gasteiger partial charge < -0.3 is 20.3 Å². The predicted molar refractivity (Wildman–Crippen MR) is 120 cm³/mol. The second-order valence-electron chi connectivity index (χ2n) is 8.68. The van der Waals surface area contributed by atoms with Gasteiger partial charge in [-0.1, -0.05) is 12.1 Å². The second-order valence-corrected chi connectivity index (χ2v) is 8.68. The monoisotopic (exact) mass is 444 g/mol. The summed E-state index contributed by atoms with van der Waals surface area (Å²) in [6, 6.07) is 6.90. The average molecular weight is 445 g/mol. The van der Waals surface area contributed by atoms with Gasteiger partial charge in [-0.15, -0.1) is 0 Å². The van der Waals surface area contributed by atoms with Crippen molar-refractivity contribution in [2.45, 2.75) is 44.4 Å². The molecule has 174 valence electrons. The minimum atomic E-state index is -0.397. The number of aliphatic imine (C=N–C) groups is 1. The third kappa shape index (κ3) is 6.64. The van der Waals surface area contributed by atoms with Crippen molar-refractivity contribution < 1.29 is 14.5 Å². The van der Waals surface area contributed by atoms with Crippen LogP contribution >= 0.6 is 0 Å². The normalized spacial score (nSPS) is 22.1. The molecule has 1 saturated carbocycles. The number of nitro benzene ring substituents is 1. The zero-order chi connectivity index (χ0) is 22.3. The van der Waals surface area contributed by atoms with E-state index in [-0.39, 0.29) is 17.7 Å². The van der Waals surface area contributed by atoms with Crippen molar-refractivity contribution in [2.24, 2.45) is 4.99 Å². The first-order chi connectivity index (χ1) is 15.6. The molecule has 2 N–H and O–H groups in total. The molecule has 1 atom stereocenters. The van der Waals surface area contributed by atoms with E-state index in [0.717, 1.165) is 70.0 Å². The van der Waals surface area contributed by atoms with Crippen LogP contribution in [0.25, 0.3) is 0 Å². The quantitative estimate of drug-likeness (QED) is 0.267. The fraction of sp³-hybridized carbons (Fsp3) is 0.636. The molecule has 1 aliphatic carbocycles. The smallest absolute Gasteiger partial charge is 0.269 e. The molecule has 4 rings (SSSR count). The summed E-state index contributed by atoms with van der Waals surface area (Å²) in [5.41, 5.74) is 0.999. The number of carbonyl (C=O) groups excluding carboxylic acids is 1. The maximum atomic E-state index is 12.1. The lowest BCUT2D eigenvalue weighted by Gasteiger charge is -2.36. The van der Waals surface area contributed by atoms with E-state index in [4.69, 9.17) is 9.73 Å². The number of nitro groups is 1. The van der Waals surface area contributed by atoms with Gasteiger partial charge >= 0.3 is 0 Å². The third-order valence-electron chi connectivity index (χ3n) is 6.05. The maximum absolute atomic E-state index is 12.1. The number of nitrogens with one attached hydrogen (secondary N) is 2. The molecule has 0 spiro atoms. The summed E-state index contributed by atoms with van der Waals surface area (Å²) >= 11 is 0. The Bertz CT molecular complexity index is 812. The van der Waals surface area contributed by atoms with Crippen LogP contribution < -0.4 is 10.6 Å². The van der Waals surface area contributed by atoms with Gasteiger partial charge in [0.25, 0.3) is 5.69 Å². The average Bonchev–Trinajstić information content (AvgIpc) is 3.44. The second kappa shape index (κ2) is 10.7. The highest BCUT2D eigenvalue weighted by molar-refractivity contribution is 5.80. The van der Waals surface area contributed by atoms with Crippen molar-refractivity contribution >= 4 is 17.6 Å². The number of nitrogens with zero attached hydrogens (tertiary/aromatic N) is 4. The molecule has 10 heteroatoms. The van der Waals surface area contributed by atoms with Gasteiger partial charge in [0.1, 0.15) is 0 Å². The van der Waals surface area contributed by atoms with E-state index in [1.54, 1.807) is 12.1 Å². The van der Waals surface area contributed by atoms with E-state index in [1.165, 1.54) is 12.1 Å². The van der Waals surface area contributed by atoms with E-state index in [1.807, 2.05) is 0 Å². The summed E-state index contributed by atoms with van der Waals surface area (Å²) < 4.78 is 5.73. The maximum Gasteiger partial charge on any atom is 0.269 e. The molecule has 1 aromatic carbocycles. The Morgan fingerprint density at radius 2 is 1.91 bits per heavy atom. The largest absolute Gasteiger partial charge is 0.376 e. The fourth-order valence-corrected chi connectivity index (χ4v) is 3.99. The molecule has 0 radical (unpaired) electrons. The van der Waals surface area contributed by atoms with Crippen molar-refractivity contribution in [3.05, 3.63) is 39.9 Å². The van der Waals surface area contributed by atoms with Crippen LogP contribution in [-0.4, -0.2) is 84.6 Å². The minimum absolute atomic E-state index is 0.0799. The third-order valence-corrected chi connectivity index (χ3v) is 6.05. The molecule has 3 aliphatic rings. The van der Waals surface area contributed by atoms with Crippen LogP contribution in [0, 0.1) is 10.1 Å². The van der Waals surface area contributed by atoms with Crippen LogP contribution in [-0.2, 0) is 16.1 Å². The van der Waals surface area contributed by atoms with Crippen molar-refractivity contribution in [3.8, 4) is 0 Å². The lowest BCUT2D eigenvalue weighted by molar-refractivity contribution is -0.384. The number of non-ortho nitro benzene ring substituents is 1. The summed E-state index contributed by atoms with van der Waals surface area (Å²) in [5, 5.41) is 17.4. The topological polar surface area (TPSA) is 112 Å². The van der Waals surface area contributed by atoms with Gasteiger partial charge in [0.05, 0.1) is 24.1 Å². The zero-order valence-electron chi connectivity index (χ0n) is 18.4. The molecule has 1 unspecified atom stereocenters. The number of hydrogen-bond donors (Lipinski definition) is 2. The fourth-order valence-electron chi connectivity index (χ4n) is 3.99. The molecular weight excluding hydrogens is 412 g/mol. The lowest BCUT2D eigenvalue weighted by atomic mass is 10.2.